The van der Waals surface area contributed by atoms with Crippen LogP contribution in [0.25, 0.3) is 0 Å². The van der Waals surface area contributed by atoms with Gasteiger partial charge in [0.25, 0.3) is 11.8 Å². The summed E-state index contributed by atoms with van der Waals surface area (Å²) in [5.74, 6) is -0.638. The number of nitrogens with zero attached hydrogens (tertiary/aromatic N) is 1. The zero-order valence-electron chi connectivity index (χ0n) is 17.0. The van der Waals surface area contributed by atoms with E-state index in [0.717, 1.165) is 12.8 Å². The Kier molecular flexibility index (Phi) is 6.77. The SMILES string of the molecule is COCCS(=O)(=O)c1ccc(C(=O)NCCCN2C(=O)NC3(CCCC3)C2=O)cc1. The summed E-state index contributed by atoms with van der Waals surface area (Å²) in [5.41, 5.74) is -0.383. The standard InChI is InChI=1S/C20H27N3O6S/c1-29-13-14-30(27,28)16-7-5-15(6-8-16)17(24)21-11-4-12-23-18(25)20(22-19(23)26)9-2-3-10-20/h5-8H,2-4,9-14H2,1H3,(H,21,24)(H,22,26). The summed E-state index contributed by atoms with van der Waals surface area (Å²) in [6.45, 7) is 0.628. The molecule has 0 atom stereocenters. The summed E-state index contributed by atoms with van der Waals surface area (Å²) >= 11 is 0. The molecule has 1 saturated carbocycles. The molecule has 2 fully saturated rings. The number of amides is 4. The molecule has 164 valence electrons. The monoisotopic (exact) mass is 437 g/mol. The fourth-order valence-corrected chi connectivity index (χ4v) is 5.03. The highest BCUT2D eigenvalue weighted by Gasteiger charge is 2.51. The predicted molar refractivity (Wildman–Crippen MR) is 109 cm³/mol. The molecular formula is C20H27N3O6S. The van der Waals surface area contributed by atoms with Crippen LogP contribution in [0.3, 0.4) is 0 Å². The lowest BCUT2D eigenvalue weighted by Gasteiger charge is -2.20. The van der Waals surface area contributed by atoms with Crippen molar-refractivity contribution in [1.82, 2.24) is 15.5 Å². The summed E-state index contributed by atoms with van der Waals surface area (Å²) in [7, 11) is -2.02. The topological polar surface area (TPSA) is 122 Å². The van der Waals surface area contributed by atoms with Crippen molar-refractivity contribution in [2.24, 2.45) is 0 Å². The lowest BCUT2D eigenvalue weighted by Crippen LogP contribution is -2.44. The summed E-state index contributed by atoms with van der Waals surface area (Å²) in [6.07, 6.45) is 3.67. The minimum Gasteiger partial charge on any atom is -0.384 e. The maximum absolute atomic E-state index is 12.6. The molecule has 0 radical (unpaired) electrons. The van der Waals surface area contributed by atoms with E-state index in [0.29, 0.717) is 24.8 Å². The first kappa shape index (κ1) is 22.2. The number of imide groups is 1. The van der Waals surface area contributed by atoms with Crippen LogP contribution < -0.4 is 10.6 Å². The van der Waals surface area contributed by atoms with Gasteiger partial charge >= 0.3 is 6.03 Å². The number of carbonyl (C=O) groups excluding carboxylic acids is 3. The molecule has 1 saturated heterocycles. The van der Waals surface area contributed by atoms with Crippen LogP contribution in [0.1, 0.15) is 42.5 Å². The number of carbonyl (C=O) groups is 3. The molecule has 30 heavy (non-hydrogen) atoms. The van der Waals surface area contributed by atoms with E-state index in [4.69, 9.17) is 4.74 Å². The number of methoxy groups -OCH3 is 1. The third kappa shape index (κ3) is 4.65. The number of ether oxygens (including phenoxy) is 1. The fourth-order valence-electron chi connectivity index (χ4n) is 3.86. The molecule has 3 rings (SSSR count). The largest absolute Gasteiger partial charge is 0.384 e. The second-order valence-corrected chi connectivity index (χ2v) is 9.73. The Morgan fingerprint density at radius 1 is 1.20 bits per heavy atom. The Morgan fingerprint density at radius 2 is 1.87 bits per heavy atom. The second kappa shape index (κ2) is 9.13. The van der Waals surface area contributed by atoms with Crippen molar-refractivity contribution < 1.29 is 27.5 Å². The van der Waals surface area contributed by atoms with Crippen LogP contribution in [-0.4, -0.2) is 69.3 Å². The fraction of sp³-hybridized carbons (Fsp3) is 0.550. The second-order valence-electron chi connectivity index (χ2n) is 7.62. The van der Waals surface area contributed by atoms with Gasteiger partial charge < -0.3 is 15.4 Å². The molecule has 4 amide bonds. The zero-order chi connectivity index (χ0) is 21.8. The van der Waals surface area contributed by atoms with Crippen LogP contribution in [0.5, 0.6) is 0 Å². The van der Waals surface area contributed by atoms with Gasteiger partial charge in [0.05, 0.1) is 17.3 Å². The van der Waals surface area contributed by atoms with Gasteiger partial charge in [-0.2, -0.15) is 0 Å². The van der Waals surface area contributed by atoms with Crippen LogP contribution in [0.4, 0.5) is 4.79 Å². The lowest BCUT2D eigenvalue weighted by molar-refractivity contribution is -0.131. The van der Waals surface area contributed by atoms with Crippen LogP contribution in [-0.2, 0) is 19.4 Å². The Hall–Kier alpha value is -2.46. The van der Waals surface area contributed by atoms with E-state index in [9.17, 15) is 22.8 Å². The summed E-state index contributed by atoms with van der Waals surface area (Å²) in [6, 6.07) is 5.34. The molecule has 2 aliphatic rings. The first-order valence-corrected chi connectivity index (χ1v) is 11.7. The van der Waals surface area contributed by atoms with E-state index in [-0.39, 0.29) is 48.2 Å². The molecule has 1 heterocycles. The third-order valence-corrected chi connectivity index (χ3v) is 7.27. The molecule has 1 aromatic rings. The molecule has 2 N–H and O–H groups in total. The number of sulfone groups is 1. The van der Waals surface area contributed by atoms with Crippen molar-refractivity contribution in [3.05, 3.63) is 29.8 Å². The molecule has 1 aliphatic heterocycles. The number of benzene rings is 1. The quantitative estimate of drug-likeness (QED) is 0.441. The molecule has 1 aromatic carbocycles. The Morgan fingerprint density at radius 3 is 2.50 bits per heavy atom. The molecule has 10 heteroatoms. The lowest BCUT2D eigenvalue weighted by atomic mass is 9.98. The first-order chi connectivity index (χ1) is 14.3. The highest BCUT2D eigenvalue weighted by Crippen LogP contribution is 2.34. The van der Waals surface area contributed by atoms with E-state index < -0.39 is 15.4 Å². The smallest absolute Gasteiger partial charge is 0.325 e. The van der Waals surface area contributed by atoms with Crippen LogP contribution in [0.15, 0.2) is 29.2 Å². The number of hydrogen-bond acceptors (Lipinski definition) is 6. The summed E-state index contributed by atoms with van der Waals surface area (Å²) in [5, 5.41) is 5.56. The minimum absolute atomic E-state index is 0.100. The van der Waals surface area contributed by atoms with Crippen molar-refractivity contribution in [2.75, 3.05) is 32.6 Å². The van der Waals surface area contributed by atoms with Gasteiger partial charge in [0, 0.05) is 25.8 Å². The molecule has 0 unspecified atom stereocenters. The first-order valence-electron chi connectivity index (χ1n) is 10.0. The Balaban J connectivity index is 1.47. The van der Waals surface area contributed by atoms with Crippen molar-refractivity contribution in [1.29, 1.82) is 0 Å². The van der Waals surface area contributed by atoms with Gasteiger partial charge in [-0.25, -0.2) is 13.2 Å². The van der Waals surface area contributed by atoms with Crippen LogP contribution in [0.2, 0.25) is 0 Å². The van der Waals surface area contributed by atoms with Gasteiger partial charge in [-0.1, -0.05) is 12.8 Å². The molecular weight excluding hydrogens is 410 g/mol. The van der Waals surface area contributed by atoms with Gasteiger partial charge in [0.15, 0.2) is 9.84 Å². The van der Waals surface area contributed by atoms with Gasteiger partial charge in [-0.05, 0) is 43.5 Å². The van der Waals surface area contributed by atoms with Crippen LogP contribution in [0, 0.1) is 0 Å². The van der Waals surface area contributed by atoms with Gasteiger partial charge in [0.1, 0.15) is 5.54 Å². The molecule has 0 aromatic heterocycles. The number of urea groups is 1. The maximum atomic E-state index is 12.6. The van der Waals surface area contributed by atoms with Gasteiger partial charge in [-0.15, -0.1) is 0 Å². The van der Waals surface area contributed by atoms with E-state index in [1.807, 2.05) is 0 Å². The number of nitrogens with one attached hydrogen (secondary N) is 2. The van der Waals surface area contributed by atoms with Crippen molar-refractivity contribution >= 4 is 27.7 Å². The van der Waals surface area contributed by atoms with Crippen LogP contribution >= 0.6 is 0 Å². The normalized spacial score (nSPS) is 18.1. The molecule has 9 nitrogen and oxygen atoms in total. The number of hydrogen-bond donors (Lipinski definition) is 2. The van der Waals surface area contributed by atoms with Gasteiger partial charge in [0.2, 0.25) is 0 Å². The minimum atomic E-state index is -3.45. The zero-order valence-corrected chi connectivity index (χ0v) is 17.8. The molecule has 1 aliphatic carbocycles. The summed E-state index contributed by atoms with van der Waals surface area (Å²) in [4.78, 5) is 38.3. The van der Waals surface area contributed by atoms with E-state index >= 15 is 0 Å². The van der Waals surface area contributed by atoms with Crippen molar-refractivity contribution in [3.8, 4) is 0 Å². The Bertz CT molecular complexity index is 907. The highest BCUT2D eigenvalue weighted by molar-refractivity contribution is 7.91. The van der Waals surface area contributed by atoms with Gasteiger partial charge in [-0.3, -0.25) is 14.5 Å². The summed E-state index contributed by atoms with van der Waals surface area (Å²) < 4.78 is 29.0. The average Bonchev–Trinajstić information content (AvgIpc) is 3.29. The average molecular weight is 438 g/mol. The Labute approximate surface area is 176 Å². The van der Waals surface area contributed by atoms with Crippen molar-refractivity contribution in [3.63, 3.8) is 0 Å². The van der Waals surface area contributed by atoms with E-state index in [2.05, 4.69) is 10.6 Å². The maximum Gasteiger partial charge on any atom is 0.325 e. The van der Waals surface area contributed by atoms with E-state index in [1.165, 1.54) is 36.3 Å². The van der Waals surface area contributed by atoms with E-state index in [1.54, 1.807) is 0 Å². The number of rotatable bonds is 9. The van der Waals surface area contributed by atoms with Crippen molar-refractivity contribution in [2.45, 2.75) is 42.5 Å². The molecule has 0 bridgehead atoms. The third-order valence-electron chi connectivity index (χ3n) is 5.58. The predicted octanol–water partition coefficient (Wildman–Crippen LogP) is 1.09. The molecule has 1 spiro atoms. The highest BCUT2D eigenvalue weighted by atomic mass is 32.2.